The van der Waals surface area contributed by atoms with E-state index in [1.165, 1.54) is 12.3 Å². The zero-order valence-electron chi connectivity index (χ0n) is 11.8. The predicted octanol–water partition coefficient (Wildman–Crippen LogP) is 0.247. The number of carbonyl (C=O) groups is 1. The van der Waals surface area contributed by atoms with Crippen molar-refractivity contribution in [3.8, 4) is 0 Å². The second kappa shape index (κ2) is 6.19. The van der Waals surface area contributed by atoms with Crippen LogP contribution in [-0.4, -0.2) is 31.4 Å². The lowest BCUT2D eigenvalue weighted by atomic mass is 10.1. The maximum Gasteiger partial charge on any atom is 0.260 e. The molecule has 0 atom stereocenters. The van der Waals surface area contributed by atoms with Gasteiger partial charge < -0.3 is 11.1 Å². The topological polar surface area (TPSA) is 114 Å². The van der Waals surface area contributed by atoms with Crippen molar-refractivity contribution in [1.29, 1.82) is 0 Å². The second-order valence-corrected chi connectivity index (χ2v) is 7.03. The SMILES string of the molecule is CC(C)(C)NC(=O)CCNS(=O)(=O)c1ncccc1N. The van der Waals surface area contributed by atoms with Gasteiger partial charge in [0.15, 0.2) is 5.03 Å². The summed E-state index contributed by atoms with van der Waals surface area (Å²) in [4.78, 5) is 15.3. The van der Waals surface area contributed by atoms with Gasteiger partial charge in [-0.2, -0.15) is 0 Å². The van der Waals surface area contributed by atoms with E-state index in [1.54, 1.807) is 6.07 Å². The van der Waals surface area contributed by atoms with Gasteiger partial charge in [0.2, 0.25) is 5.91 Å². The van der Waals surface area contributed by atoms with Gasteiger partial charge in [-0.05, 0) is 32.9 Å². The van der Waals surface area contributed by atoms with Gasteiger partial charge in [0.05, 0.1) is 5.69 Å². The second-order valence-electron chi connectivity index (χ2n) is 5.34. The molecule has 1 aromatic heterocycles. The fourth-order valence-electron chi connectivity index (χ4n) is 1.48. The molecule has 0 aliphatic rings. The molecule has 7 nitrogen and oxygen atoms in total. The van der Waals surface area contributed by atoms with Crippen molar-refractivity contribution in [1.82, 2.24) is 15.0 Å². The van der Waals surface area contributed by atoms with Crippen LogP contribution >= 0.6 is 0 Å². The van der Waals surface area contributed by atoms with Crippen molar-refractivity contribution in [3.05, 3.63) is 18.3 Å². The van der Waals surface area contributed by atoms with E-state index < -0.39 is 10.0 Å². The Morgan fingerprint density at radius 2 is 2.05 bits per heavy atom. The molecule has 0 radical (unpaired) electrons. The summed E-state index contributed by atoms with van der Waals surface area (Å²) in [7, 11) is -3.80. The van der Waals surface area contributed by atoms with Crippen LogP contribution in [0.2, 0.25) is 0 Å². The highest BCUT2D eigenvalue weighted by Gasteiger charge is 2.19. The lowest BCUT2D eigenvalue weighted by Gasteiger charge is -2.20. The van der Waals surface area contributed by atoms with E-state index in [1.807, 2.05) is 20.8 Å². The third-order valence-corrected chi connectivity index (χ3v) is 3.65. The molecule has 0 unspecified atom stereocenters. The van der Waals surface area contributed by atoms with E-state index in [2.05, 4.69) is 15.0 Å². The van der Waals surface area contributed by atoms with E-state index in [0.717, 1.165) is 0 Å². The Hall–Kier alpha value is -1.67. The molecular formula is C12H20N4O3S. The summed E-state index contributed by atoms with van der Waals surface area (Å²) in [5.74, 6) is -0.228. The average Bonchev–Trinajstić information content (AvgIpc) is 2.26. The molecule has 0 aliphatic heterocycles. The Labute approximate surface area is 119 Å². The molecule has 0 spiro atoms. The largest absolute Gasteiger partial charge is 0.396 e. The van der Waals surface area contributed by atoms with Crippen molar-refractivity contribution in [2.75, 3.05) is 12.3 Å². The summed E-state index contributed by atoms with van der Waals surface area (Å²) in [6.45, 7) is 5.54. The maximum absolute atomic E-state index is 11.9. The van der Waals surface area contributed by atoms with Crippen molar-refractivity contribution in [2.24, 2.45) is 0 Å². The number of nitrogens with zero attached hydrogens (tertiary/aromatic N) is 1. The molecular weight excluding hydrogens is 280 g/mol. The third kappa shape index (κ3) is 5.14. The minimum absolute atomic E-state index is 0.0136. The number of rotatable bonds is 5. The third-order valence-electron chi connectivity index (χ3n) is 2.21. The van der Waals surface area contributed by atoms with Crippen LogP contribution in [0, 0.1) is 0 Å². The first kappa shape index (κ1) is 16.4. The minimum atomic E-state index is -3.80. The van der Waals surface area contributed by atoms with Gasteiger partial charge in [0.25, 0.3) is 10.0 Å². The van der Waals surface area contributed by atoms with Crippen LogP contribution in [-0.2, 0) is 14.8 Å². The summed E-state index contributed by atoms with van der Waals surface area (Å²) in [5.41, 5.74) is 5.28. The molecule has 0 aliphatic carbocycles. The first-order chi connectivity index (χ1) is 9.12. The van der Waals surface area contributed by atoms with Gasteiger partial charge in [0.1, 0.15) is 0 Å². The lowest BCUT2D eigenvalue weighted by Crippen LogP contribution is -2.42. The monoisotopic (exact) mass is 300 g/mol. The Morgan fingerprint density at radius 3 is 2.60 bits per heavy atom. The van der Waals surface area contributed by atoms with Crippen LogP contribution in [0.5, 0.6) is 0 Å². The van der Waals surface area contributed by atoms with Crippen LogP contribution < -0.4 is 15.8 Å². The van der Waals surface area contributed by atoms with E-state index in [-0.39, 0.29) is 35.1 Å². The lowest BCUT2D eigenvalue weighted by molar-refractivity contribution is -0.122. The summed E-state index contributed by atoms with van der Waals surface area (Å²) in [6.07, 6.45) is 1.39. The molecule has 4 N–H and O–H groups in total. The smallest absolute Gasteiger partial charge is 0.260 e. The number of nitrogens with one attached hydrogen (secondary N) is 2. The number of hydrogen-bond acceptors (Lipinski definition) is 5. The van der Waals surface area contributed by atoms with Gasteiger partial charge in [-0.1, -0.05) is 0 Å². The number of carbonyl (C=O) groups excluding carboxylic acids is 1. The minimum Gasteiger partial charge on any atom is -0.396 e. The highest BCUT2D eigenvalue weighted by molar-refractivity contribution is 7.89. The van der Waals surface area contributed by atoms with Gasteiger partial charge in [0, 0.05) is 24.7 Å². The van der Waals surface area contributed by atoms with Gasteiger partial charge in [-0.25, -0.2) is 18.1 Å². The Morgan fingerprint density at radius 1 is 1.40 bits per heavy atom. The molecule has 1 rings (SSSR count). The molecule has 0 saturated heterocycles. The molecule has 0 bridgehead atoms. The molecule has 0 saturated carbocycles. The number of sulfonamides is 1. The van der Waals surface area contributed by atoms with Gasteiger partial charge >= 0.3 is 0 Å². The summed E-state index contributed by atoms with van der Waals surface area (Å²) in [5, 5.41) is 2.52. The maximum atomic E-state index is 11.9. The highest BCUT2D eigenvalue weighted by atomic mass is 32.2. The van der Waals surface area contributed by atoms with Crippen LogP contribution in [0.4, 0.5) is 5.69 Å². The first-order valence-corrected chi connectivity index (χ1v) is 7.61. The number of aromatic nitrogens is 1. The summed E-state index contributed by atoms with van der Waals surface area (Å²) < 4.78 is 26.2. The van der Waals surface area contributed by atoms with E-state index in [9.17, 15) is 13.2 Å². The van der Waals surface area contributed by atoms with Crippen LogP contribution in [0.25, 0.3) is 0 Å². The summed E-state index contributed by atoms with van der Waals surface area (Å²) in [6, 6.07) is 3.00. The molecule has 1 amide bonds. The number of anilines is 1. The molecule has 112 valence electrons. The number of amides is 1. The molecule has 1 heterocycles. The Kier molecular flexibility index (Phi) is 5.07. The quantitative estimate of drug-likeness (QED) is 0.721. The molecule has 1 aromatic rings. The van der Waals surface area contributed by atoms with E-state index in [4.69, 9.17) is 5.73 Å². The fourth-order valence-corrected chi connectivity index (χ4v) is 2.56. The van der Waals surface area contributed by atoms with Crippen molar-refractivity contribution < 1.29 is 13.2 Å². The number of nitrogen functional groups attached to an aromatic ring is 1. The van der Waals surface area contributed by atoms with Crippen molar-refractivity contribution in [3.63, 3.8) is 0 Å². The highest BCUT2D eigenvalue weighted by Crippen LogP contribution is 2.13. The predicted molar refractivity (Wildman–Crippen MR) is 76.4 cm³/mol. The van der Waals surface area contributed by atoms with Crippen molar-refractivity contribution in [2.45, 2.75) is 37.8 Å². The Bertz CT molecular complexity index is 579. The normalized spacial score (nSPS) is 12.2. The van der Waals surface area contributed by atoms with E-state index >= 15 is 0 Å². The van der Waals surface area contributed by atoms with Crippen LogP contribution in [0.3, 0.4) is 0 Å². The molecule has 0 aromatic carbocycles. The van der Waals surface area contributed by atoms with Gasteiger partial charge in [-0.15, -0.1) is 0 Å². The zero-order valence-corrected chi connectivity index (χ0v) is 12.6. The average molecular weight is 300 g/mol. The summed E-state index contributed by atoms with van der Waals surface area (Å²) >= 11 is 0. The standard InChI is InChI=1S/C12H20N4O3S/c1-12(2,3)16-10(17)6-8-15-20(18,19)11-9(13)5-4-7-14-11/h4-5,7,15H,6,8,13H2,1-3H3,(H,16,17). The molecule has 0 fully saturated rings. The van der Waals surface area contributed by atoms with Gasteiger partial charge in [-0.3, -0.25) is 4.79 Å². The zero-order chi connectivity index (χ0) is 15.4. The molecule has 8 heteroatoms. The number of nitrogens with two attached hydrogens (primary N) is 1. The molecule has 20 heavy (non-hydrogen) atoms. The van der Waals surface area contributed by atoms with Crippen LogP contribution in [0.1, 0.15) is 27.2 Å². The number of pyridine rings is 1. The number of hydrogen-bond donors (Lipinski definition) is 3. The van der Waals surface area contributed by atoms with E-state index in [0.29, 0.717) is 0 Å². The first-order valence-electron chi connectivity index (χ1n) is 6.13. The van der Waals surface area contributed by atoms with Crippen molar-refractivity contribution >= 4 is 21.6 Å². The fraction of sp³-hybridized carbons (Fsp3) is 0.500. The van der Waals surface area contributed by atoms with Crippen LogP contribution in [0.15, 0.2) is 23.4 Å². The Balaban J connectivity index is 2.58.